The molecule has 2 aromatic rings. The summed E-state index contributed by atoms with van der Waals surface area (Å²) in [5, 5.41) is 0. The van der Waals surface area contributed by atoms with Crippen LogP contribution in [0.4, 0.5) is 35.1 Å². The average molecular weight is 674 g/mol. The van der Waals surface area contributed by atoms with E-state index >= 15 is 4.39 Å². The predicted octanol–water partition coefficient (Wildman–Crippen LogP) is 5.50. The minimum atomic E-state index is -6.42. The van der Waals surface area contributed by atoms with E-state index in [1.54, 1.807) is 0 Å². The summed E-state index contributed by atoms with van der Waals surface area (Å²) in [6, 6.07) is 3.63. The van der Waals surface area contributed by atoms with E-state index in [1.807, 2.05) is 0 Å². The van der Waals surface area contributed by atoms with Crippen LogP contribution in [0.5, 0.6) is 0 Å². The van der Waals surface area contributed by atoms with Crippen molar-refractivity contribution in [1.82, 2.24) is 4.90 Å². The number of hydrogen-bond acceptors (Lipinski definition) is 5. The largest absolute Gasteiger partial charge is 0.435 e. The molecule has 0 spiro atoms. The SMILES string of the molecule is CC1(C)c2cc(C(F)(C(F)(F)F)C(F)(F)F)ccc2C2(S(=O)(=O)c3ccc(F)cc3)CCN(C(=O)C3CCS(=O)(=O)CC3)C12. The molecule has 0 N–H and O–H groups in total. The summed E-state index contributed by atoms with van der Waals surface area (Å²) in [6.07, 6.45) is -13.3. The van der Waals surface area contributed by atoms with Crippen LogP contribution in [0, 0.1) is 11.7 Å². The molecular formula is C28H27F8NO5S2. The van der Waals surface area contributed by atoms with Crippen LogP contribution in [0.1, 0.15) is 49.8 Å². The molecule has 6 nitrogen and oxygen atoms in total. The highest BCUT2D eigenvalue weighted by Gasteiger charge is 2.75. The second-order valence-electron chi connectivity index (χ2n) is 12.1. The Balaban J connectivity index is 1.73. The number of benzene rings is 2. The van der Waals surface area contributed by atoms with Gasteiger partial charge < -0.3 is 4.90 Å². The predicted molar refractivity (Wildman–Crippen MR) is 141 cm³/mol. The fourth-order valence-electron chi connectivity index (χ4n) is 7.21. The molecule has 2 heterocycles. The number of halogens is 8. The van der Waals surface area contributed by atoms with Crippen LogP contribution in [0.15, 0.2) is 47.4 Å². The summed E-state index contributed by atoms with van der Waals surface area (Å²) in [7, 11) is -8.04. The third-order valence-electron chi connectivity index (χ3n) is 9.30. The molecule has 5 rings (SSSR count). The van der Waals surface area contributed by atoms with Gasteiger partial charge in [0.1, 0.15) is 20.4 Å². The van der Waals surface area contributed by atoms with Crippen LogP contribution in [0.2, 0.25) is 0 Å². The molecule has 0 radical (unpaired) electrons. The van der Waals surface area contributed by atoms with Crippen molar-refractivity contribution in [1.29, 1.82) is 0 Å². The average Bonchev–Trinajstić information content (AvgIpc) is 3.42. The van der Waals surface area contributed by atoms with Gasteiger partial charge in [-0.2, -0.15) is 26.3 Å². The molecular weight excluding hydrogens is 646 g/mol. The number of nitrogens with zero attached hydrogens (tertiary/aromatic N) is 1. The molecule has 242 valence electrons. The van der Waals surface area contributed by atoms with Gasteiger partial charge in [0.05, 0.1) is 22.4 Å². The molecule has 0 aromatic heterocycles. The molecule has 1 aliphatic carbocycles. The van der Waals surface area contributed by atoms with E-state index in [4.69, 9.17) is 0 Å². The summed E-state index contributed by atoms with van der Waals surface area (Å²) in [5.74, 6) is -2.79. The van der Waals surface area contributed by atoms with Gasteiger partial charge in [-0.3, -0.25) is 4.79 Å². The van der Waals surface area contributed by atoms with Gasteiger partial charge in [-0.1, -0.05) is 32.0 Å². The lowest BCUT2D eigenvalue weighted by atomic mass is 9.79. The van der Waals surface area contributed by atoms with Crippen molar-refractivity contribution in [3.8, 4) is 0 Å². The van der Waals surface area contributed by atoms with Crippen LogP contribution >= 0.6 is 0 Å². The van der Waals surface area contributed by atoms with E-state index in [2.05, 4.69) is 0 Å². The Morgan fingerprint density at radius 2 is 1.43 bits per heavy atom. The maximum Gasteiger partial charge on any atom is 0.435 e. The Morgan fingerprint density at radius 3 is 1.95 bits per heavy atom. The lowest BCUT2D eigenvalue weighted by Crippen LogP contribution is -2.54. The molecule has 3 aliphatic rings. The Kier molecular flexibility index (Phi) is 7.32. The van der Waals surface area contributed by atoms with Crippen molar-refractivity contribution in [2.45, 2.75) is 72.2 Å². The van der Waals surface area contributed by atoms with Gasteiger partial charge in [0, 0.05) is 23.4 Å². The Labute approximate surface area is 248 Å². The number of hydrogen-bond donors (Lipinski definition) is 0. The quantitative estimate of drug-likeness (QED) is 0.316. The van der Waals surface area contributed by atoms with Gasteiger partial charge in [-0.05, 0) is 54.7 Å². The zero-order chi connectivity index (χ0) is 32.9. The Bertz CT molecular complexity index is 1690. The summed E-state index contributed by atoms with van der Waals surface area (Å²) >= 11 is 0. The van der Waals surface area contributed by atoms with E-state index in [0.29, 0.717) is 6.07 Å². The standard InChI is InChI=1S/C28H27F8NO5S2/c1-24(2)21-15-17(26(30,27(31,32)33)28(34,35)36)3-8-20(21)25(44(41,42)19-6-4-18(29)5-7-19)11-12-37(23(24)25)22(38)16-9-13-43(39,40)14-10-16/h3-8,15-16,23H,9-14H2,1-2H3. The van der Waals surface area contributed by atoms with Gasteiger partial charge in [0.25, 0.3) is 0 Å². The minimum absolute atomic E-state index is 0.0544. The van der Waals surface area contributed by atoms with E-state index in [9.17, 15) is 52.4 Å². The first-order valence-electron chi connectivity index (χ1n) is 13.5. The third-order valence-corrected chi connectivity index (χ3v) is 13.5. The molecule has 0 saturated carbocycles. The molecule has 2 aliphatic heterocycles. The van der Waals surface area contributed by atoms with Gasteiger partial charge in [-0.15, -0.1) is 0 Å². The molecule has 2 fully saturated rings. The van der Waals surface area contributed by atoms with Crippen LogP contribution < -0.4 is 0 Å². The first kappa shape index (κ1) is 32.6. The van der Waals surface area contributed by atoms with Crippen molar-refractivity contribution in [2.75, 3.05) is 18.1 Å². The highest BCUT2D eigenvalue weighted by molar-refractivity contribution is 7.92. The monoisotopic (exact) mass is 673 g/mol. The van der Waals surface area contributed by atoms with Crippen molar-refractivity contribution < 1.29 is 56.8 Å². The van der Waals surface area contributed by atoms with Gasteiger partial charge in [0.15, 0.2) is 9.84 Å². The maximum absolute atomic E-state index is 15.2. The van der Waals surface area contributed by atoms with Crippen LogP contribution in [0.3, 0.4) is 0 Å². The topological polar surface area (TPSA) is 88.6 Å². The second kappa shape index (κ2) is 9.87. The van der Waals surface area contributed by atoms with E-state index in [1.165, 1.54) is 18.7 Å². The minimum Gasteiger partial charge on any atom is -0.337 e. The van der Waals surface area contributed by atoms with Gasteiger partial charge in [-0.25, -0.2) is 25.6 Å². The summed E-state index contributed by atoms with van der Waals surface area (Å²) in [4.78, 5) is 14.7. The zero-order valence-electron chi connectivity index (χ0n) is 23.3. The fourth-order valence-corrected chi connectivity index (χ4v) is 11.2. The highest BCUT2D eigenvalue weighted by Crippen LogP contribution is 2.62. The van der Waals surface area contributed by atoms with Crippen LogP contribution in [-0.2, 0) is 40.3 Å². The molecule has 2 unspecified atom stereocenters. The molecule has 0 bridgehead atoms. The number of rotatable bonds is 4. The second-order valence-corrected chi connectivity index (χ2v) is 16.6. The number of sulfone groups is 2. The zero-order valence-corrected chi connectivity index (χ0v) is 24.9. The summed E-state index contributed by atoms with van der Waals surface area (Å²) in [6.45, 7) is 2.51. The number of carbonyl (C=O) groups excluding carboxylic acids is 1. The molecule has 1 amide bonds. The van der Waals surface area contributed by atoms with Crippen molar-refractivity contribution >= 4 is 25.6 Å². The molecule has 16 heteroatoms. The number of carbonyl (C=O) groups is 1. The lowest BCUT2D eigenvalue weighted by molar-refractivity contribution is -0.348. The van der Waals surface area contributed by atoms with Crippen molar-refractivity contribution in [3.63, 3.8) is 0 Å². The Hall–Kier alpha value is -2.75. The van der Waals surface area contributed by atoms with Crippen LogP contribution in [-0.4, -0.2) is 64.1 Å². The van der Waals surface area contributed by atoms with Crippen LogP contribution in [0.25, 0.3) is 0 Å². The smallest absolute Gasteiger partial charge is 0.337 e. The van der Waals surface area contributed by atoms with E-state index in [-0.39, 0.29) is 54.5 Å². The van der Waals surface area contributed by atoms with Gasteiger partial charge >= 0.3 is 18.0 Å². The Morgan fingerprint density at radius 1 is 0.886 bits per heavy atom. The first-order chi connectivity index (χ1) is 20.0. The summed E-state index contributed by atoms with van der Waals surface area (Å²) in [5.41, 5.74) is -9.76. The normalized spacial score (nSPS) is 25.5. The molecule has 2 saturated heterocycles. The van der Waals surface area contributed by atoms with Gasteiger partial charge in [0.2, 0.25) is 5.91 Å². The number of likely N-dealkylation sites (tertiary alicyclic amines) is 1. The van der Waals surface area contributed by atoms with Crippen molar-refractivity contribution in [3.05, 3.63) is 65.0 Å². The number of fused-ring (bicyclic) bond motifs is 3. The number of amides is 1. The number of alkyl halides is 7. The molecule has 44 heavy (non-hydrogen) atoms. The molecule has 2 aromatic carbocycles. The fraction of sp³-hybridized carbons (Fsp3) is 0.536. The first-order valence-corrected chi connectivity index (χ1v) is 16.8. The van der Waals surface area contributed by atoms with E-state index in [0.717, 1.165) is 30.3 Å². The lowest BCUT2D eigenvalue weighted by Gasteiger charge is -2.41. The van der Waals surface area contributed by atoms with Crippen molar-refractivity contribution in [2.24, 2.45) is 5.92 Å². The highest BCUT2D eigenvalue weighted by atomic mass is 32.2. The maximum atomic E-state index is 15.2. The summed E-state index contributed by atoms with van der Waals surface area (Å²) < 4.78 is 162. The molecule has 2 atom stereocenters. The van der Waals surface area contributed by atoms with E-state index < -0.39 is 82.0 Å². The third kappa shape index (κ3) is 4.48.